The van der Waals surface area contributed by atoms with Gasteiger partial charge in [-0.2, -0.15) is 13.2 Å². The van der Waals surface area contributed by atoms with E-state index < -0.39 is 12.8 Å². The summed E-state index contributed by atoms with van der Waals surface area (Å²) in [7, 11) is 0. The molecule has 108 valence electrons. The number of nitrogens with one attached hydrogen (secondary N) is 1. The second-order valence-corrected chi connectivity index (χ2v) is 4.43. The molecule has 0 amide bonds. The minimum Gasteiger partial charge on any atom is -0.370 e. The Balaban J connectivity index is 2.61. The van der Waals surface area contributed by atoms with Gasteiger partial charge in [-0.25, -0.2) is 0 Å². The molecule has 19 heavy (non-hydrogen) atoms. The van der Waals surface area contributed by atoms with Crippen molar-refractivity contribution < 1.29 is 17.9 Å². The smallest absolute Gasteiger partial charge is 0.370 e. The molecule has 1 aromatic rings. The maximum absolute atomic E-state index is 12.1. The molecule has 3 nitrogen and oxygen atoms in total. The molecule has 1 aromatic heterocycles. The Kier molecular flexibility index (Phi) is 6.24. The molecule has 0 radical (unpaired) electrons. The van der Waals surface area contributed by atoms with Gasteiger partial charge in [-0.1, -0.05) is 13.0 Å². The summed E-state index contributed by atoms with van der Waals surface area (Å²) < 4.78 is 40.9. The molecule has 0 aromatic carbocycles. The van der Waals surface area contributed by atoms with E-state index in [0.29, 0.717) is 6.54 Å². The molecule has 1 unspecified atom stereocenters. The maximum atomic E-state index is 12.1. The van der Waals surface area contributed by atoms with Crippen LogP contribution in [-0.2, 0) is 4.74 Å². The van der Waals surface area contributed by atoms with E-state index in [2.05, 4.69) is 10.3 Å². The summed E-state index contributed by atoms with van der Waals surface area (Å²) >= 11 is 0. The Bertz CT molecular complexity index is 382. The lowest BCUT2D eigenvalue weighted by Crippen LogP contribution is -2.28. The van der Waals surface area contributed by atoms with Gasteiger partial charge in [0.25, 0.3) is 0 Å². The molecule has 1 rings (SSSR count). The Morgan fingerprint density at radius 1 is 1.37 bits per heavy atom. The Morgan fingerprint density at radius 3 is 2.68 bits per heavy atom. The lowest BCUT2D eigenvalue weighted by atomic mass is 10.1. The quantitative estimate of drug-likeness (QED) is 0.831. The van der Waals surface area contributed by atoms with Crippen molar-refractivity contribution in [3.8, 4) is 0 Å². The van der Waals surface area contributed by atoms with Crippen LogP contribution in [0, 0.1) is 6.92 Å². The monoisotopic (exact) mass is 276 g/mol. The molecule has 1 N–H and O–H groups in total. The van der Waals surface area contributed by atoms with Gasteiger partial charge in [-0.15, -0.1) is 0 Å². The summed E-state index contributed by atoms with van der Waals surface area (Å²) in [6.45, 7) is 3.36. The van der Waals surface area contributed by atoms with Crippen LogP contribution in [0.15, 0.2) is 18.5 Å². The number of aryl methyl sites for hydroxylation is 1. The van der Waals surface area contributed by atoms with Crippen LogP contribution in [0.4, 0.5) is 13.2 Å². The van der Waals surface area contributed by atoms with Gasteiger partial charge in [0.05, 0.1) is 12.6 Å². The molecule has 0 saturated carbocycles. The summed E-state index contributed by atoms with van der Waals surface area (Å²) in [5, 5.41) is 3.17. The third kappa shape index (κ3) is 6.54. The number of halogens is 3. The van der Waals surface area contributed by atoms with Gasteiger partial charge in [0.2, 0.25) is 0 Å². The van der Waals surface area contributed by atoms with E-state index in [0.717, 1.165) is 17.5 Å². The first-order valence-electron chi connectivity index (χ1n) is 6.22. The molecule has 1 atom stereocenters. The number of nitrogens with zero attached hydrogens (tertiary/aromatic N) is 1. The first kappa shape index (κ1) is 15.9. The van der Waals surface area contributed by atoms with Gasteiger partial charge in [0, 0.05) is 12.4 Å². The van der Waals surface area contributed by atoms with Gasteiger partial charge in [-0.05, 0) is 31.0 Å². The van der Waals surface area contributed by atoms with Gasteiger partial charge in [0.1, 0.15) is 6.61 Å². The van der Waals surface area contributed by atoms with Crippen LogP contribution in [0.25, 0.3) is 0 Å². The Hall–Kier alpha value is -1.14. The fraction of sp³-hybridized carbons (Fsp3) is 0.615. The fourth-order valence-electron chi connectivity index (χ4n) is 1.65. The Labute approximate surface area is 111 Å². The van der Waals surface area contributed by atoms with Crippen molar-refractivity contribution in [1.82, 2.24) is 10.3 Å². The third-order valence-electron chi connectivity index (χ3n) is 2.49. The van der Waals surface area contributed by atoms with Crippen LogP contribution in [0.1, 0.15) is 30.5 Å². The zero-order valence-electron chi connectivity index (χ0n) is 11.1. The Morgan fingerprint density at radius 2 is 2.11 bits per heavy atom. The van der Waals surface area contributed by atoms with Gasteiger partial charge in [0.15, 0.2) is 0 Å². The number of pyridine rings is 1. The number of aromatic nitrogens is 1. The minimum atomic E-state index is -4.29. The van der Waals surface area contributed by atoms with Crippen LogP contribution >= 0.6 is 0 Å². The van der Waals surface area contributed by atoms with Crippen molar-refractivity contribution in [3.05, 3.63) is 29.6 Å². The standard InChI is InChI=1S/C13H19F3N2O/c1-3-4-18-12(8-19-9-13(14,15)16)11-5-10(2)6-17-7-11/h5-7,12,18H,3-4,8-9H2,1-2H3. The summed E-state index contributed by atoms with van der Waals surface area (Å²) in [4.78, 5) is 4.05. The van der Waals surface area contributed by atoms with Gasteiger partial charge in [-0.3, -0.25) is 4.98 Å². The molecule has 0 aliphatic heterocycles. The topological polar surface area (TPSA) is 34.1 Å². The average Bonchev–Trinajstić information content (AvgIpc) is 2.32. The average molecular weight is 276 g/mol. The summed E-state index contributed by atoms with van der Waals surface area (Å²) in [5.41, 5.74) is 1.81. The highest BCUT2D eigenvalue weighted by molar-refractivity contribution is 5.20. The molecule has 0 saturated heterocycles. The lowest BCUT2D eigenvalue weighted by molar-refractivity contribution is -0.175. The SMILES string of the molecule is CCCNC(COCC(F)(F)F)c1cncc(C)c1. The zero-order chi connectivity index (χ0) is 14.3. The maximum Gasteiger partial charge on any atom is 0.411 e. The molecule has 0 aliphatic carbocycles. The van der Waals surface area contributed by atoms with Crippen LogP contribution < -0.4 is 5.32 Å². The summed E-state index contributed by atoms with van der Waals surface area (Å²) in [6, 6.07) is 1.63. The predicted octanol–water partition coefficient (Wildman–Crippen LogP) is 3.01. The molecular formula is C13H19F3N2O. The number of hydrogen-bond acceptors (Lipinski definition) is 3. The molecule has 0 bridgehead atoms. The van der Waals surface area contributed by atoms with Gasteiger partial charge >= 0.3 is 6.18 Å². The van der Waals surface area contributed by atoms with Gasteiger partial charge < -0.3 is 10.1 Å². The largest absolute Gasteiger partial charge is 0.411 e. The van der Waals surface area contributed by atoms with E-state index >= 15 is 0 Å². The number of alkyl halides is 3. The van der Waals surface area contributed by atoms with Crippen molar-refractivity contribution in [3.63, 3.8) is 0 Å². The van der Waals surface area contributed by atoms with Crippen LogP contribution in [-0.4, -0.2) is 30.9 Å². The van der Waals surface area contributed by atoms with Crippen molar-refractivity contribution >= 4 is 0 Å². The normalized spacial score (nSPS) is 13.5. The van der Waals surface area contributed by atoms with E-state index in [1.54, 1.807) is 12.4 Å². The second-order valence-electron chi connectivity index (χ2n) is 4.43. The third-order valence-corrected chi connectivity index (χ3v) is 2.49. The van der Waals surface area contributed by atoms with E-state index in [1.807, 2.05) is 19.9 Å². The predicted molar refractivity (Wildman–Crippen MR) is 66.9 cm³/mol. The highest BCUT2D eigenvalue weighted by Gasteiger charge is 2.28. The van der Waals surface area contributed by atoms with Crippen LogP contribution in [0.5, 0.6) is 0 Å². The molecule has 1 heterocycles. The van der Waals surface area contributed by atoms with E-state index in [9.17, 15) is 13.2 Å². The van der Waals surface area contributed by atoms with Crippen molar-refractivity contribution in [1.29, 1.82) is 0 Å². The molecule has 0 fully saturated rings. The molecule has 0 aliphatic rings. The first-order valence-corrected chi connectivity index (χ1v) is 6.22. The van der Waals surface area contributed by atoms with E-state index in [1.165, 1.54) is 0 Å². The molecule has 0 spiro atoms. The second kappa shape index (κ2) is 7.45. The minimum absolute atomic E-state index is 0.0232. The van der Waals surface area contributed by atoms with Crippen molar-refractivity contribution in [2.45, 2.75) is 32.5 Å². The van der Waals surface area contributed by atoms with Crippen molar-refractivity contribution in [2.75, 3.05) is 19.8 Å². The molecule has 6 heteroatoms. The van der Waals surface area contributed by atoms with Crippen LogP contribution in [0.2, 0.25) is 0 Å². The van der Waals surface area contributed by atoms with Crippen molar-refractivity contribution in [2.24, 2.45) is 0 Å². The van der Waals surface area contributed by atoms with E-state index in [4.69, 9.17) is 4.74 Å². The lowest BCUT2D eigenvalue weighted by Gasteiger charge is -2.19. The summed E-state index contributed by atoms with van der Waals surface area (Å²) in [6.07, 6.45) is -0.0383. The zero-order valence-corrected chi connectivity index (χ0v) is 11.1. The number of ether oxygens (including phenoxy) is 1. The number of hydrogen-bond donors (Lipinski definition) is 1. The fourth-order valence-corrected chi connectivity index (χ4v) is 1.65. The highest BCUT2D eigenvalue weighted by Crippen LogP contribution is 2.18. The van der Waals surface area contributed by atoms with Crippen LogP contribution in [0.3, 0.4) is 0 Å². The molecular weight excluding hydrogens is 257 g/mol. The number of rotatable bonds is 7. The first-order chi connectivity index (χ1) is 8.92. The highest BCUT2D eigenvalue weighted by atomic mass is 19.4. The van der Waals surface area contributed by atoms with E-state index in [-0.39, 0.29) is 12.6 Å². The summed E-state index contributed by atoms with van der Waals surface area (Å²) in [5.74, 6) is 0.